The van der Waals surface area contributed by atoms with E-state index in [4.69, 9.17) is 0 Å². The Balaban J connectivity index is 2.01. The van der Waals surface area contributed by atoms with Gasteiger partial charge in [0.15, 0.2) is 0 Å². The Morgan fingerprint density at radius 1 is 1.00 bits per heavy atom. The smallest absolute Gasteiger partial charge is 0.0915 e. The first-order valence-electron chi connectivity index (χ1n) is 6.23. The molecular formula is C16H16N2. The molecule has 0 saturated carbocycles. The lowest BCUT2D eigenvalue weighted by molar-refractivity contribution is 0.386. The Morgan fingerprint density at radius 3 is 2.56 bits per heavy atom. The number of hydrogen-bond donors (Lipinski definition) is 0. The van der Waals surface area contributed by atoms with Crippen molar-refractivity contribution in [3.63, 3.8) is 0 Å². The Kier molecular flexibility index (Phi) is 2.85. The molecule has 2 nitrogen and oxygen atoms in total. The van der Waals surface area contributed by atoms with Crippen molar-refractivity contribution >= 4 is 12.0 Å². The van der Waals surface area contributed by atoms with E-state index in [0.717, 1.165) is 12.1 Å². The van der Waals surface area contributed by atoms with E-state index in [9.17, 15) is 0 Å². The van der Waals surface area contributed by atoms with Crippen LogP contribution in [-0.2, 0) is 6.42 Å². The molecular weight excluding hydrogens is 220 g/mol. The molecule has 1 atom stereocenters. The first-order chi connectivity index (χ1) is 8.84. The van der Waals surface area contributed by atoms with Crippen LogP contribution >= 0.6 is 0 Å². The molecule has 2 heteroatoms. The number of aliphatic imine (C=N–C) groups is 1. The van der Waals surface area contributed by atoms with Gasteiger partial charge in [-0.3, -0.25) is 0 Å². The molecule has 0 saturated heterocycles. The Hall–Kier alpha value is -2.09. The Labute approximate surface area is 108 Å². The van der Waals surface area contributed by atoms with Gasteiger partial charge in [-0.2, -0.15) is 0 Å². The summed E-state index contributed by atoms with van der Waals surface area (Å²) in [5.74, 6) is 0. The van der Waals surface area contributed by atoms with Gasteiger partial charge in [-0.05, 0) is 23.6 Å². The molecule has 18 heavy (non-hydrogen) atoms. The van der Waals surface area contributed by atoms with E-state index in [1.54, 1.807) is 0 Å². The predicted octanol–water partition coefficient (Wildman–Crippen LogP) is 3.58. The van der Waals surface area contributed by atoms with Crippen LogP contribution in [0.25, 0.3) is 0 Å². The van der Waals surface area contributed by atoms with Gasteiger partial charge in [0.05, 0.1) is 18.1 Å². The number of nitrogens with zero attached hydrogens (tertiary/aromatic N) is 2. The topological polar surface area (TPSA) is 15.6 Å². The quantitative estimate of drug-likeness (QED) is 0.739. The maximum atomic E-state index is 4.54. The van der Waals surface area contributed by atoms with Crippen LogP contribution in [-0.4, -0.2) is 18.3 Å². The zero-order chi connectivity index (χ0) is 12.4. The van der Waals surface area contributed by atoms with Gasteiger partial charge >= 0.3 is 0 Å². The summed E-state index contributed by atoms with van der Waals surface area (Å²) in [5.41, 5.74) is 3.73. The van der Waals surface area contributed by atoms with E-state index < -0.39 is 0 Å². The number of rotatable bonds is 1. The Bertz CT molecular complexity index is 560. The van der Waals surface area contributed by atoms with Crippen molar-refractivity contribution < 1.29 is 0 Å². The highest BCUT2D eigenvalue weighted by atomic mass is 15.2. The molecule has 1 aliphatic rings. The van der Waals surface area contributed by atoms with Crippen molar-refractivity contribution in [1.82, 2.24) is 4.90 Å². The largest absolute Gasteiger partial charge is 0.358 e. The number of benzene rings is 2. The number of fused-ring (bicyclic) bond motifs is 1. The van der Waals surface area contributed by atoms with Gasteiger partial charge in [-0.1, -0.05) is 48.5 Å². The van der Waals surface area contributed by atoms with Gasteiger partial charge < -0.3 is 4.90 Å². The predicted molar refractivity (Wildman–Crippen MR) is 75.2 cm³/mol. The maximum Gasteiger partial charge on any atom is 0.0915 e. The highest BCUT2D eigenvalue weighted by molar-refractivity contribution is 5.65. The maximum absolute atomic E-state index is 4.54. The summed E-state index contributed by atoms with van der Waals surface area (Å²) in [7, 11) is 2.09. The van der Waals surface area contributed by atoms with Crippen LogP contribution in [0.2, 0.25) is 0 Å². The molecule has 3 rings (SSSR count). The van der Waals surface area contributed by atoms with Crippen LogP contribution < -0.4 is 0 Å². The van der Waals surface area contributed by atoms with E-state index in [1.165, 1.54) is 11.1 Å². The summed E-state index contributed by atoms with van der Waals surface area (Å²) in [6, 6.07) is 19.3. The molecule has 0 amide bonds. The van der Waals surface area contributed by atoms with Crippen LogP contribution in [0.15, 0.2) is 59.6 Å². The normalized spacial score (nSPS) is 18.3. The number of para-hydroxylation sites is 1. The second-order valence-corrected chi connectivity index (χ2v) is 4.67. The van der Waals surface area contributed by atoms with Gasteiger partial charge in [-0.15, -0.1) is 0 Å². The molecule has 2 aromatic rings. The number of likely N-dealkylation sites (N-methyl/N-ethyl adjacent to an activating group) is 1. The summed E-state index contributed by atoms with van der Waals surface area (Å²) in [4.78, 5) is 6.73. The molecule has 0 bridgehead atoms. The third-order valence-electron chi connectivity index (χ3n) is 3.46. The van der Waals surface area contributed by atoms with Crippen molar-refractivity contribution in [1.29, 1.82) is 0 Å². The molecule has 0 fully saturated rings. The molecule has 0 aliphatic carbocycles. The third-order valence-corrected chi connectivity index (χ3v) is 3.46. The van der Waals surface area contributed by atoms with E-state index >= 15 is 0 Å². The highest BCUT2D eigenvalue weighted by Gasteiger charge is 2.19. The Morgan fingerprint density at radius 2 is 1.72 bits per heavy atom. The average molecular weight is 236 g/mol. The minimum Gasteiger partial charge on any atom is -0.358 e. The molecule has 0 radical (unpaired) electrons. The lowest BCUT2D eigenvalue weighted by Crippen LogP contribution is -2.23. The van der Waals surface area contributed by atoms with Crippen molar-refractivity contribution in [2.45, 2.75) is 12.5 Å². The lowest BCUT2D eigenvalue weighted by Gasteiger charge is -2.25. The van der Waals surface area contributed by atoms with Crippen molar-refractivity contribution in [2.75, 3.05) is 7.05 Å². The second kappa shape index (κ2) is 4.65. The van der Waals surface area contributed by atoms with Gasteiger partial charge in [0.1, 0.15) is 0 Å². The SMILES string of the molecule is CN1C=Nc2ccccc2CC1c1ccccc1. The van der Waals surface area contributed by atoms with Crippen molar-refractivity contribution in [3.8, 4) is 0 Å². The van der Waals surface area contributed by atoms with Crippen LogP contribution in [0.1, 0.15) is 17.2 Å². The first kappa shape index (κ1) is 11.0. The summed E-state index contributed by atoms with van der Waals surface area (Å²) >= 11 is 0. The molecule has 1 aliphatic heterocycles. The minimum atomic E-state index is 0.360. The minimum absolute atomic E-state index is 0.360. The monoisotopic (exact) mass is 236 g/mol. The molecule has 1 heterocycles. The average Bonchev–Trinajstić information content (AvgIpc) is 2.60. The zero-order valence-electron chi connectivity index (χ0n) is 10.5. The molecule has 90 valence electrons. The van der Waals surface area contributed by atoms with Crippen LogP contribution in [0.5, 0.6) is 0 Å². The first-order valence-corrected chi connectivity index (χ1v) is 6.23. The molecule has 1 unspecified atom stereocenters. The fraction of sp³-hybridized carbons (Fsp3) is 0.188. The van der Waals surface area contributed by atoms with Crippen LogP contribution in [0, 0.1) is 0 Å². The second-order valence-electron chi connectivity index (χ2n) is 4.67. The fourth-order valence-corrected chi connectivity index (χ4v) is 2.42. The van der Waals surface area contributed by atoms with E-state index in [2.05, 4.69) is 65.5 Å². The highest BCUT2D eigenvalue weighted by Crippen LogP contribution is 2.30. The molecule has 2 aromatic carbocycles. The van der Waals surface area contributed by atoms with Gasteiger partial charge in [0, 0.05) is 7.05 Å². The summed E-state index contributed by atoms with van der Waals surface area (Å²) in [5, 5.41) is 0. The van der Waals surface area contributed by atoms with Crippen LogP contribution in [0.3, 0.4) is 0 Å². The van der Waals surface area contributed by atoms with Crippen LogP contribution in [0.4, 0.5) is 5.69 Å². The summed E-state index contributed by atoms with van der Waals surface area (Å²) in [6.07, 6.45) is 2.93. The number of hydrogen-bond acceptors (Lipinski definition) is 2. The van der Waals surface area contributed by atoms with E-state index in [1.807, 2.05) is 12.4 Å². The van der Waals surface area contributed by atoms with Gasteiger partial charge in [-0.25, -0.2) is 4.99 Å². The van der Waals surface area contributed by atoms with Gasteiger partial charge in [0.2, 0.25) is 0 Å². The van der Waals surface area contributed by atoms with Crippen molar-refractivity contribution in [2.24, 2.45) is 4.99 Å². The summed E-state index contributed by atoms with van der Waals surface area (Å²) < 4.78 is 0. The lowest BCUT2D eigenvalue weighted by atomic mass is 9.97. The summed E-state index contributed by atoms with van der Waals surface area (Å²) in [6.45, 7) is 0. The van der Waals surface area contributed by atoms with Gasteiger partial charge in [0.25, 0.3) is 0 Å². The molecule has 0 N–H and O–H groups in total. The van der Waals surface area contributed by atoms with E-state index in [0.29, 0.717) is 6.04 Å². The molecule has 0 aromatic heterocycles. The van der Waals surface area contributed by atoms with Crippen molar-refractivity contribution in [3.05, 3.63) is 65.7 Å². The third kappa shape index (κ3) is 2.02. The standard InChI is InChI=1S/C16H16N2/c1-18-12-17-15-10-6-5-9-14(15)11-16(18)13-7-3-2-4-8-13/h2-10,12,16H,11H2,1H3. The fourth-order valence-electron chi connectivity index (χ4n) is 2.42. The molecule has 0 spiro atoms. The zero-order valence-corrected chi connectivity index (χ0v) is 10.5. The van der Waals surface area contributed by atoms with E-state index in [-0.39, 0.29) is 0 Å².